The summed E-state index contributed by atoms with van der Waals surface area (Å²) in [6, 6.07) is 54.8. The molecule has 0 amide bonds. The molecule has 3 nitrogen and oxygen atoms in total. The highest BCUT2D eigenvalue weighted by Crippen LogP contribution is 2.56. The van der Waals surface area contributed by atoms with Crippen molar-refractivity contribution in [3.8, 4) is 33.6 Å². The summed E-state index contributed by atoms with van der Waals surface area (Å²) in [5, 5.41) is 0. The molecule has 0 spiro atoms. The number of aromatic nitrogens is 2. The van der Waals surface area contributed by atoms with Gasteiger partial charge in [-0.25, -0.2) is 0 Å². The highest BCUT2D eigenvalue weighted by molar-refractivity contribution is 5.92. The Labute approximate surface area is 268 Å². The number of rotatable bonds is 5. The second-order valence-electron chi connectivity index (χ2n) is 12.6. The van der Waals surface area contributed by atoms with E-state index in [0.717, 1.165) is 33.6 Å². The van der Waals surface area contributed by atoms with E-state index in [-0.39, 0.29) is 0 Å². The van der Waals surface area contributed by atoms with Crippen LogP contribution in [0.25, 0.3) is 50.6 Å². The molecule has 1 aliphatic carbocycles. The molecule has 220 valence electrons. The first-order valence-corrected chi connectivity index (χ1v) is 16.0. The quantitative estimate of drug-likeness (QED) is 0.199. The molecule has 8 aromatic rings. The third kappa shape index (κ3) is 3.75. The smallest absolute Gasteiger partial charge is 0.307 e. The Hall–Kier alpha value is -5.67. The van der Waals surface area contributed by atoms with Crippen LogP contribution in [0.15, 0.2) is 156 Å². The number of fused-ring (bicyclic) bond motifs is 6. The van der Waals surface area contributed by atoms with Gasteiger partial charge < -0.3 is 4.42 Å². The van der Waals surface area contributed by atoms with Crippen molar-refractivity contribution in [2.75, 3.05) is 0 Å². The van der Waals surface area contributed by atoms with Gasteiger partial charge in [-0.05, 0) is 63.1 Å². The van der Waals surface area contributed by atoms with Crippen LogP contribution >= 0.6 is 0 Å². The van der Waals surface area contributed by atoms with E-state index in [2.05, 4.69) is 158 Å². The SMILES string of the molecule is CC(C)c1ccc(-c2c(-c3ccc4c(c3)C(c3ccccc3)(c3ccccc3)c3ccccc3-4)nc3oc4ccccc4n23)cc1. The maximum absolute atomic E-state index is 6.35. The summed E-state index contributed by atoms with van der Waals surface area (Å²) in [7, 11) is 0. The summed E-state index contributed by atoms with van der Waals surface area (Å²) < 4.78 is 8.53. The van der Waals surface area contributed by atoms with Crippen molar-refractivity contribution in [1.29, 1.82) is 0 Å². The van der Waals surface area contributed by atoms with Gasteiger partial charge in [0.1, 0.15) is 5.69 Å². The van der Waals surface area contributed by atoms with E-state index in [9.17, 15) is 0 Å². The molecule has 2 aromatic heterocycles. The van der Waals surface area contributed by atoms with Crippen LogP contribution in [0.1, 0.15) is 47.6 Å². The molecule has 0 fully saturated rings. The van der Waals surface area contributed by atoms with Crippen LogP contribution in [0.2, 0.25) is 0 Å². The van der Waals surface area contributed by atoms with Gasteiger partial charge in [-0.2, -0.15) is 4.98 Å². The minimum Gasteiger partial charge on any atom is -0.423 e. The number of benzene rings is 6. The highest BCUT2D eigenvalue weighted by atomic mass is 16.4. The molecule has 0 radical (unpaired) electrons. The molecular weight excluding hydrogens is 560 g/mol. The van der Waals surface area contributed by atoms with E-state index in [4.69, 9.17) is 9.40 Å². The van der Waals surface area contributed by atoms with Crippen LogP contribution in [0.4, 0.5) is 0 Å². The van der Waals surface area contributed by atoms with Gasteiger partial charge in [-0.15, -0.1) is 0 Å². The fraction of sp³-hybridized carbons (Fsp3) is 0.0930. The topological polar surface area (TPSA) is 30.4 Å². The van der Waals surface area contributed by atoms with Gasteiger partial charge in [0.2, 0.25) is 0 Å². The molecule has 2 heterocycles. The first-order chi connectivity index (χ1) is 22.6. The monoisotopic (exact) mass is 592 g/mol. The molecule has 0 saturated carbocycles. The first-order valence-electron chi connectivity index (χ1n) is 16.0. The summed E-state index contributed by atoms with van der Waals surface area (Å²) in [5.41, 5.74) is 14.4. The predicted molar refractivity (Wildman–Crippen MR) is 187 cm³/mol. The standard InChI is InChI=1S/C43H32N2O/c1-28(2)29-21-23-30(24-22-29)41-40(44-42-45(41)38-19-11-12-20-39(38)46-42)31-25-26-35-34-17-9-10-18-36(34)43(37(35)27-31,32-13-5-3-6-14-32)33-15-7-4-8-16-33/h3-28H,1-2H3. The van der Waals surface area contributed by atoms with Gasteiger partial charge in [0.05, 0.1) is 16.6 Å². The molecule has 6 aromatic carbocycles. The van der Waals surface area contributed by atoms with Gasteiger partial charge in [-0.3, -0.25) is 4.40 Å². The van der Waals surface area contributed by atoms with E-state index < -0.39 is 5.41 Å². The molecule has 0 atom stereocenters. The Morgan fingerprint density at radius 3 is 1.91 bits per heavy atom. The zero-order valence-corrected chi connectivity index (χ0v) is 25.8. The molecule has 0 bridgehead atoms. The van der Waals surface area contributed by atoms with Crippen molar-refractivity contribution < 1.29 is 4.42 Å². The van der Waals surface area contributed by atoms with E-state index in [1.807, 2.05) is 12.1 Å². The largest absolute Gasteiger partial charge is 0.423 e. The maximum atomic E-state index is 6.35. The van der Waals surface area contributed by atoms with Gasteiger partial charge >= 0.3 is 5.84 Å². The summed E-state index contributed by atoms with van der Waals surface area (Å²) in [4.78, 5) is 5.22. The number of hydrogen-bond acceptors (Lipinski definition) is 2. The predicted octanol–water partition coefficient (Wildman–Crippen LogP) is 10.9. The van der Waals surface area contributed by atoms with Crippen molar-refractivity contribution in [3.05, 3.63) is 179 Å². The molecular formula is C43H32N2O. The van der Waals surface area contributed by atoms with Crippen LogP contribution in [0.5, 0.6) is 0 Å². The zero-order chi connectivity index (χ0) is 30.8. The average Bonchev–Trinajstić information content (AvgIpc) is 3.76. The van der Waals surface area contributed by atoms with Crippen molar-refractivity contribution in [3.63, 3.8) is 0 Å². The summed E-state index contributed by atoms with van der Waals surface area (Å²) in [6.45, 7) is 4.46. The molecule has 46 heavy (non-hydrogen) atoms. The lowest BCUT2D eigenvalue weighted by molar-refractivity contribution is 0.642. The first kappa shape index (κ1) is 26.7. The fourth-order valence-corrected chi connectivity index (χ4v) is 7.60. The second kappa shape index (κ2) is 10.2. The van der Waals surface area contributed by atoms with Gasteiger partial charge in [0.15, 0.2) is 5.58 Å². The Bertz CT molecular complexity index is 2340. The third-order valence-electron chi connectivity index (χ3n) is 9.74. The second-order valence-corrected chi connectivity index (χ2v) is 12.6. The normalized spacial score (nSPS) is 13.4. The lowest BCUT2D eigenvalue weighted by Crippen LogP contribution is -2.28. The van der Waals surface area contributed by atoms with Crippen LogP contribution in [0, 0.1) is 0 Å². The van der Waals surface area contributed by atoms with Crippen molar-refractivity contribution >= 4 is 16.9 Å². The molecule has 0 unspecified atom stereocenters. The highest BCUT2D eigenvalue weighted by Gasteiger charge is 2.46. The third-order valence-corrected chi connectivity index (χ3v) is 9.74. The number of imidazole rings is 1. The Morgan fingerprint density at radius 1 is 0.587 bits per heavy atom. The van der Waals surface area contributed by atoms with Gasteiger partial charge in [-0.1, -0.05) is 147 Å². The lowest BCUT2D eigenvalue weighted by atomic mass is 9.67. The average molecular weight is 593 g/mol. The molecule has 9 rings (SSSR count). The van der Waals surface area contributed by atoms with Crippen molar-refractivity contribution in [2.24, 2.45) is 0 Å². The lowest BCUT2D eigenvalue weighted by Gasteiger charge is -2.34. The minimum absolute atomic E-state index is 0.455. The molecule has 1 aliphatic rings. The van der Waals surface area contributed by atoms with E-state index in [1.54, 1.807) is 0 Å². The molecule has 0 N–H and O–H groups in total. The summed E-state index contributed by atoms with van der Waals surface area (Å²) in [6.07, 6.45) is 0. The number of nitrogens with zero attached hydrogens (tertiary/aromatic N) is 2. The maximum Gasteiger partial charge on any atom is 0.307 e. The van der Waals surface area contributed by atoms with Crippen molar-refractivity contribution in [1.82, 2.24) is 9.38 Å². The Kier molecular flexibility index (Phi) is 5.91. The van der Waals surface area contributed by atoms with Crippen LogP contribution in [-0.2, 0) is 5.41 Å². The number of hydrogen-bond donors (Lipinski definition) is 0. The number of para-hydroxylation sites is 2. The zero-order valence-electron chi connectivity index (χ0n) is 25.8. The van der Waals surface area contributed by atoms with E-state index in [0.29, 0.717) is 11.8 Å². The minimum atomic E-state index is -0.477. The Morgan fingerprint density at radius 2 is 1.20 bits per heavy atom. The van der Waals surface area contributed by atoms with Crippen LogP contribution in [0.3, 0.4) is 0 Å². The Balaban J connectivity index is 1.35. The van der Waals surface area contributed by atoms with E-state index >= 15 is 0 Å². The van der Waals surface area contributed by atoms with Crippen LogP contribution < -0.4 is 0 Å². The van der Waals surface area contributed by atoms with E-state index in [1.165, 1.54) is 38.9 Å². The van der Waals surface area contributed by atoms with Crippen molar-refractivity contribution in [2.45, 2.75) is 25.2 Å². The fourth-order valence-electron chi connectivity index (χ4n) is 7.60. The molecule has 0 saturated heterocycles. The van der Waals surface area contributed by atoms with Gasteiger partial charge in [0, 0.05) is 11.1 Å². The molecule has 3 heteroatoms. The van der Waals surface area contributed by atoms with Gasteiger partial charge in [0.25, 0.3) is 0 Å². The van der Waals surface area contributed by atoms with Crippen LogP contribution in [-0.4, -0.2) is 9.38 Å². The summed E-state index contributed by atoms with van der Waals surface area (Å²) in [5.74, 6) is 1.05. The summed E-state index contributed by atoms with van der Waals surface area (Å²) >= 11 is 0. The number of oxazole rings is 1. The molecule has 0 aliphatic heterocycles.